The Morgan fingerprint density at radius 2 is 1.84 bits per heavy atom. The fourth-order valence-corrected chi connectivity index (χ4v) is 3.78. The van der Waals surface area contributed by atoms with E-state index in [2.05, 4.69) is 0 Å². The molecule has 1 aromatic rings. The number of sulfone groups is 1. The molecule has 0 spiro atoms. The van der Waals surface area contributed by atoms with Crippen LogP contribution in [0.4, 0.5) is 4.39 Å². The Labute approximate surface area is 110 Å². The van der Waals surface area contributed by atoms with Crippen molar-refractivity contribution in [3.05, 3.63) is 30.1 Å². The monoisotopic (exact) mass is 287 g/mol. The van der Waals surface area contributed by atoms with Gasteiger partial charge in [-0.25, -0.2) is 17.9 Å². The summed E-state index contributed by atoms with van der Waals surface area (Å²) in [6, 6.07) is 4.32. The van der Waals surface area contributed by atoms with Crippen LogP contribution < -0.4 is 0 Å². The van der Waals surface area contributed by atoms with Crippen molar-refractivity contribution in [1.29, 1.82) is 0 Å². The largest absolute Gasteiger partial charge is 0.286 e. The fraction of sp³-hybridized carbons (Fsp3) is 0.417. The molecule has 19 heavy (non-hydrogen) atoms. The van der Waals surface area contributed by atoms with Crippen LogP contribution in [0.25, 0.3) is 0 Å². The molecule has 104 valence electrons. The first-order chi connectivity index (χ1) is 8.93. The van der Waals surface area contributed by atoms with Crippen LogP contribution in [0.15, 0.2) is 29.2 Å². The van der Waals surface area contributed by atoms with Crippen molar-refractivity contribution in [3.63, 3.8) is 0 Å². The Balaban J connectivity index is 2.37. The van der Waals surface area contributed by atoms with Gasteiger partial charge in [-0.2, -0.15) is 0 Å². The number of hydrogen-bond donors (Lipinski definition) is 1. The summed E-state index contributed by atoms with van der Waals surface area (Å²) in [5.41, 5.74) is 0. The lowest BCUT2D eigenvalue weighted by molar-refractivity contribution is -0.163. The second-order valence-corrected chi connectivity index (χ2v) is 6.58. The number of rotatable bonds is 2. The van der Waals surface area contributed by atoms with Gasteiger partial charge in [0.05, 0.1) is 4.90 Å². The molecule has 1 aliphatic rings. The van der Waals surface area contributed by atoms with E-state index in [1.54, 1.807) is 0 Å². The van der Waals surface area contributed by atoms with Crippen molar-refractivity contribution in [2.45, 2.75) is 29.4 Å². The van der Waals surface area contributed by atoms with Gasteiger partial charge in [0, 0.05) is 6.54 Å². The number of nitrogens with zero attached hydrogens (tertiary/aromatic N) is 1. The second-order valence-electron chi connectivity index (χ2n) is 4.44. The van der Waals surface area contributed by atoms with Crippen LogP contribution in [-0.2, 0) is 14.6 Å². The first-order valence-electron chi connectivity index (χ1n) is 5.92. The first kappa shape index (κ1) is 14.0. The van der Waals surface area contributed by atoms with Gasteiger partial charge >= 0.3 is 0 Å². The highest BCUT2D eigenvalue weighted by Crippen LogP contribution is 2.24. The number of carbonyl (C=O) groups is 1. The maximum Gasteiger partial charge on any atom is 0.264 e. The Kier molecular flexibility index (Phi) is 3.86. The summed E-state index contributed by atoms with van der Waals surface area (Å²) in [7, 11) is -3.90. The predicted octanol–water partition coefficient (Wildman–Crippen LogP) is 1.37. The molecular formula is C12H14FNO4S. The van der Waals surface area contributed by atoms with Crippen LogP contribution >= 0.6 is 0 Å². The van der Waals surface area contributed by atoms with E-state index >= 15 is 0 Å². The first-order valence-corrected chi connectivity index (χ1v) is 7.47. The number of hydrogen-bond acceptors (Lipinski definition) is 4. The minimum Gasteiger partial charge on any atom is -0.286 e. The standard InChI is InChI=1S/C12H14FNO4S/c13-9-4-6-10(7-5-9)19(17,18)11-3-1-2-8-14(16)12(11)15/h4-7,11,16H,1-3,8H2. The molecule has 1 saturated heterocycles. The average Bonchev–Trinajstić information content (AvgIpc) is 2.53. The van der Waals surface area contributed by atoms with Gasteiger partial charge in [-0.1, -0.05) is 0 Å². The molecule has 1 aliphatic heterocycles. The van der Waals surface area contributed by atoms with Crippen molar-refractivity contribution < 1.29 is 22.8 Å². The summed E-state index contributed by atoms with van der Waals surface area (Å²) in [4.78, 5) is 11.7. The zero-order chi connectivity index (χ0) is 14.0. The van der Waals surface area contributed by atoms with E-state index in [0.717, 1.165) is 24.3 Å². The number of amides is 1. The van der Waals surface area contributed by atoms with Gasteiger partial charge in [-0.15, -0.1) is 0 Å². The number of benzene rings is 1. The third-order valence-electron chi connectivity index (χ3n) is 3.13. The van der Waals surface area contributed by atoms with Gasteiger partial charge in [0.2, 0.25) is 0 Å². The SMILES string of the molecule is O=C1C(S(=O)(=O)c2ccc(F)cc2)CCCCN1O. The lowest BCUT2D eigenvalue weighted by Gasteiger charge is -2.18. The number of hydroxylamine groups is 2. The molecule has 0 saturated carbocycles. The minimum absolute atomic E-state index is 0.109. The van der Waals surface area contributed by atoms with Gasteiger partial charge in [0.1, 0.15) is 11.1 Å². The van der Waals surface area contributed by atoms with Gasteiger partial charge < -0.3 is 0 Å². The third-order valence-corrected chi connectivity index (χ3v) is 5.25. The van der Waals surface area contributed by atoms with E-state index in [4.69, 9.17) is 0 Å². The van der Waals surface area contributed by atoms with E-state index in [0.29, 0.717) is 17.9 Å². The van der Waals surface area contributed by atoms with Crippen molar-refractivity contribution >= 4 is 15.7 Å². The molecule has 1 fully saturated rings. The van der Waals surface area contributed by atoms with E-state index in [1.165, 1.54) is 0 Å². The highest BCUT2D eigenvalue weighted by Gasteiger charge is 2.37. The third kappa shape index (κ3) is 2.76. The van der Waals surface area contributed by atoms with Gasteiger partial charge in [-0.05, 0) is 43.5 Å². The van der Waals surface area contributed by atoms with Crippen molar-refractivity contribution in [2.75, 3.05) is 6.54 Å². The number of halogens is 1. The summed E-state index contributed by atoms with van der Waals surface area (Å²) in [5, 5.41) is 8.60. The summed E-state index contributed by atoms with van der Waals surface area (Å²) in [6.45, 7) is 0.133. The van der Waals surface area contributed by atoms with Gasteiger partial charge in [-0.3, -0.25) is 10.0 Å². The molecule has 1 unspecified atom stereocenters. The Morgan fingerprint density at radius 3 is 2.47 bits per heavy atom. The molecule has 2 rings (SSSR count). The molecule has 1 atom stereocenters. The molecule has 0 radical (unpaired) electrons. The highest BCUT2D eigenvalue weighted by molar-refractivity contribution is 7.92. The molecule has 0 bridgehead atoms. The van der Waals surface area contributed by atoms with E-state index in [9.17, 15) is 22.8 Å². The smallest absolute Gasteiger partial charge is 0.264 e. The Hall–Kier alpha value is -1.47. The van der Waals surface area contributed by atoms with Crippen LogP contribution in [0, 0.1) is 5.82 Å². The van der Waals surface area contributed by atoms with Crippen LogP contribution in [0.5, 0.6) is 0 Å². The predicted molar refractivity (Wildman–Crippen MR) is 64.7 cm³/mol. The van der Waals surface area contributed by atoms with Gasteiger partial charge in [0.15, 0.2) is 9.84 Å². The zero-order valence-corrected chi connectivity index (χ0v) is 10.9. The molecule has 1 heterocycles. The fourth-order valence-electron chi connectivity index (χ4n) is 2.07. The zero-order valence-electron chi connectivity index (χ0n) is 10.1. The van der Waals surface area contributed by atoms with Crippen LogP contribution in [0.3, 0.4) is 0 Å². The maximum atomic E-state index is 12.8. The lowest BCUT2D eigenvalue weighted by Crippen LogP contribution is -2.39. The van der Waals surface area contributed by atoms with Crippen molar-refractivity contribution in [1.82, 2.24) is 5.06 Å². The van der Waals surface area contributed by atoms with Crippen LogP contribution in [0.2, 0.25) is 0 Å². The van der Waals surface area contributed by atoms with Gasteiger partial charge in [0.25, 0.3) is 5.91 Å². The summed E-state index contributed by atoms with van der Waals surface area (Å²) in [5.74, 6) is -1.36. The van der Waals surface area contributed by atoms with Crippen molar-refractivity contribution in [3.8, 4) is 0 Å². The molecule has 0 aliphatic carbocycles. The molecule has 1 amide bonds. The van der Waals surface area contributed by atoms with E-state index in [-0.39, 0.29) is 17.9 Å². The van der Waals surface area contributed by atoms with Crippen molar-refractivity contribution in [2.24, 2.45) is 0 Å². The average molecular weight is 287 g/mol. The molecule has 1 N–H and O–H groups in total. The van der Waals surface area contributed by atoms with E-state index in [1.807, 2.05) is 0 Å². The maximum absolute atomic E-state index is 12.8. The normalized spacial score (nSPS) is 21.3. The minimum atomic E-state index is -3.90. The molecule has 0 aromatic heterocycles. The van der Waals surface area contributed by atoms with Crippen LogP contribution in [-0.4, -0.2) is 36.4 Å². The quantitative estimate of drug-likeness (QED) is 0.658. The Bertz CT molecular complexity index is 570. The van der Waals surface area contributed by atoms with Crippen LogP contribution in [0.1, 0.15) is 19.3 Å². The highest BCUT2D eigenvalue weighted by atomic mass is 32.2. The summed E-state index contributed by atoms with van der Waals surface area (Å²) in [6.07, 6.45) is 1.25. The lowest BCUT2D eigenvalue weighted by atomic mass is 10.2. The Morgan fingerprint density at radius 1 is 1.21 bits per heavy atom. The summed E-state index contributed by atoms with van der Waals surface area (Å²) >= 11 is 0. The molecular weight excluding hydrogens is 273 g/mol. The molecule has 5 nitrogen and oxygen atoms in total. The second kappa shape index (κ2) is 5.26. The molecule has 1 aromatic carbocycles. The number of carbonyl (C=O) groups excluding carboxylic acids is 1. The van der Waals surface area contributed by atoms with E-state index < -0.39 is 26.8 Å². The molecule has 7 heteroatoms. The topological polar surface area (TPSA) is 74.7 Å². The summed E-state index contributed by atoms with van der Waals surface area (Å²) < 4.78 is 37.5.